The number of amides is 2. The molecule has 2 aromatic heterocycles. The van der Waals surface area contributed by atoms with E-state index in [4.69, 9.17) is 0 Å². The van der Waals surface area contributed by atoms with Crippen molar-refractivity contribution in [3.63, 3.8) is 0 Å². The van der Waals surface area contributed by atoms with Gasteiger partial charge >= 0.3 is 0 Å². The molecule has 1 N–H and O–H groups in total. The predicted octanol–water partition coefficient (Wildman–Crippen LogP) is 3.90. The lowest BCUT2D eigenvalue weighted by molar-refractivity contribution is -0.140. The number of piperazine rings is 1. The van der Waals surface area contributed by atoms with Crippen molar-refractivity contribution in [3.8, 4) is 11.1 Å². The number of carbonyl (C=O) groups is 2. The van der Waals surface area contributed by atoms with Gasteiger partial charge in [0.05, 0.1) is 0 Å². The van der Waals surface area contributed by atoms with Crippen LogP contribution in [0.15, 0.2) is 54.9 Å². The molecule has 1 aromatic carbocycles. The second-order valence-electron chi connectivity index (χ2n) is 8.84. The van der Waals surface area contributed by atoms with Crippen molar-refractivity contribution in [2.24, 2.45) is 0 Å². The lowest BCUT2D eigenvalue weighted by Crippen LogP contribution is -2.59. The monoisotopic (exact) mass is 445 g/mol. The summed E-state index contributed by atoms with van der Waals surface area (Å²) >= 11 is 0. The van der Waals surface area contributed by atoms with E-state index in [1.54, 1.807) is 23.4 Å². The molecule has 33 heavy (non-hydrogen) atoms. The van der Waals surface area contributed by atoms with E-state index in [1.807, 2.05) is 43.0 Å². The molecule has 172 valence electrons. The molecule has 0 saturated carbocycles. The average Bonchev–Trinajstić information content (AvgIpc) is 3.33. The Balaban J connectivity index is 1.57. The van der Waals surface area contributed by atoms with E-state index in [9.17, 15) is 9.59 Å². The summed E-state index contributed by atoms with van der Waals surface area (Å²) in [5.74, 6) is 0.0622. The fraction of sp³-hybridized carbons (Fsp3) is 0.385. The van der Waals surface area contributed by atoms with Crippen molar-refractivity contribution in [2.75, 3.05) is 19.6 Å². The highest BCUT2D eigenvalue weighted by Gasteiger charge is 2.38. The first-order valence-corrected chi connectivity index (χ1v) is 11.6. The fourth-order valence-electron chi connectivity index (χ4n) is 4.26. The van der Waals surface area contributed by atoms with Gasteiger partial charge in [0, 0.05) is 44.1 Å². The van der Waals surface area contributed by atoms with Gasteiger partial charge in [0.15, 0.2) is 0 Å². The number of nitrogens with zero attached hydrogens (tertiary/aromatic N) is 4. The minimum Gasteiger partial charge on any atom is -0.339 e. The Morgan fingerprint density at radius 1 is 1.09 bits per heavy atom. The summed E-state index contributed by atoms with van der Waals surface area (Å²) < 4.78 is 0. The molecule has 0 aliphatic carbocycles. The van der Waals surface area contributed by atoms with Crippen LogP contribution in [0.2, 0.25) is 0 Å². The van der Waals surface area contributed by atoms with E-state index in [1.165, 1.54) is 0 Å². The molecule has 1 atom stereocenters. The first-order valence-electron chi connectivity index (χ1n) is 11.6. The Kier molecular flexibility index (Phi) is 6.87. The topological polar surface area (TPSA) is 82.2 Å². The van der Waals surface area contributed by atoms with Crippen LogP contribution in [-0.2, 0) is 11.2 Å². The molecule has 2 amide bonds. The van der Waals surface area contributed by atoms with Crippen LogP contribution < -0.4 is 0 Å². The van der Waals surface area contributed by atoms with Crippen molar-refractivity contribution in [1.29, 1.82) is 0 Å². The molecule has 3 aromatic rings. The second-order valence-corrected chi connectivity index (χ2v) is 8.84. The maximum atomic E-state index is 13.4. The number of H-pyrrole nitrogens is 1. The molecule has 7 heteroatoms. The van der Waals surface area contributed by atoms with Gasteiger partial charge in [0.25, 0.3) is 5.91 Å². The summed E-state index contributed by atoms with van der Waals surface area (Å²) in [6, 6.07) is 13.4. The SMILES string of the molecule is CCCN1CCN(C(=O)c2cc(C(C)C)[nH]n2)[C@@H](Cc2ccc(-c3ccncc3)cc2)C1=O. The Bertz CT molecular complexity index is 1090. The number of aromatic amines is 1. The van der Waals surface area contributed by atoms with Crippen LogP contribution in [0.1, 0.15) is 54.9 Å². The van der Waals surface area contributed by atoms with Crippen molar-refractivity contribution in [2.45, 2.75) is 45.6 Å². The van der Waals surface area contributed by atoms with Gasteiger partial charge in [-0.15, -0.1) is 0 Å². The van der Waals surface area contributed by atoms with Crippen LogP contribution in [0.3, 0.4) is 0 Å². The number of benzene rings is 1. The lowest BCUT2D eigenvalue weighted by Gasteiger charge is -2.40. The van der Waals surface area contributed by atoms with Crippen LogP contribution in [0.25, 0.3) is 11.1 Å². The summed E-state index contributed by atoms with van der Waals surface area (Å²) in [6.45, 7) is 7.93. The van der Waals surface area contributed by atoms with Crippen molar-refractivity contribution in [3.05, 3.63) is 71.8 Å². The highest BCUT2D eigenvalue weighted by molar-refractivity contribution is 5.97. The minimum absolute atomic E-state index is 0.00859. The Morgan fingerprint density at radius 3 is 2.42 bits per heavy atom. The van der Waals surface area contributed by atoms with Gasteiger partial charge in [0.1, 0.15) is 11.7 Å². The van der Waals surface area contributed by atoms with E-state index in [-0.39, 0.29) is 17.7 Å². The van der Waals surface area contributed by atoms with Crippen LogP contribution in [0.4, 0.5) is 0 Å². The van der Waals surface area contributed by atoms with Gasteiger partial charge in [0.2, 0.25) is 5.91 Å². The van der Waals surface area contributed by atoms with Gasteiger partial charge in [-0.2, -0.15) is 5.10 Å². The largest absolute Gasteiger partial charge is 0.339 e. The van der Waals surface area contributed by atoms with E-state index >= 15 is 0 Å². The molecular formula is C26H31N5O2. The van der Waals surface area contributed by atoms with Gasteiger partial charge in [-0.1, -0.05) is 45.0 Å². The average molecular weight is 446 g/mol. The van der Waals surface area contributed by atoms with Gasteiger partial charge in [-0.25, -0.2) is 0 Å². The third kappa shape index (κ3) is 4.97. The quantitative estimate of drug-likeness (QED) is 0.598. The van der Waals surface area contributed by atoms with E-state index in [0.29, 0.717) is 31.7 Å². The normalized spacial score (nSPS) is 16.5. The molecule has 1 aliphatic rings. The van der Waals surface area contributed by atoms with Crippen LogP contribution in [-0.4, -0.2) is 62.5 Å². The molecule has 0 radical (unpaired) electrons. The maximum Gasteiger partial charge on any atom is 0.275 e. The Labute approximate surface area is 194 Å². The zero-order valence-corrected chi connectivity index (χ0v) is 19.5. The third-order valence-electron chi connectivity index (χ3n) is 6.17. The number of hydrogen-bond donors (Lipinski definition) is 1. The standard InChI is InChI=1S/C26H31N5O2/c1-4-13-30-14-15-31(25(32)23-17-22(18(2)3)28-29-23)24(26(30)33)16-19-5-7-20(8-6-19)21-9-11-27-12-10-21/h5-12,17-18,24H,4,13-16H2,1-3H3,(H,28,29)/t24-/m0/s1. The smallest absolute Gasteiger partial charge is 0.275 e. The van der Waals surface area contributed by atoms with E-state index in [0.717, 1.165) is 28.8 Å². The van der Waals surface area contributed by atoms with Gasteiger partial charge in [-0.05, 0) is 47.2 Å². The summed E-state index contributed by atoms with van der Waals surface area (Å²) in [4.78, 5) is 34.4. The third-order valence-corrected chi connectivity index (χ3v) is 6.17. The molecular weight excluding hydrogens is 414 g/mol. The number of nitrogens with one attached hydrogen (secondary N) is 1. The second kappa shape index (κ2) is 9.98. The Morgan fingerprint density at radius 2 is 1.79 bits per heavy atom. The molecule has 0 unspecified atom stereocenters. The van der Waals surface area contributed by atoms with Gasteiger partial charge < -0.3 is 9.80 Å². The zero-order valence-electron chi connectivity index (χ0n) is 19.5. The Hall–Kier alpha value is -3.48. The van der Waals surface area contributed by atoms with Crippen LogP contribution >= 0.6 is 0 Å². The molecule has 3 heterocycles. The minimum atomic E-state index is -0.538. The lowest BCUT2D eigenvalue weighted by atomic mass is 9.98. The summed E-state index contributed by atoms with van der Waals surface area (Å²) in [7, 11) is 0. The summed E-state index contributed by atoms with van der Waals surface area (Å²) in [6.07, 6.45) is 4.91. The highest BCUT2D eigenvalue weighted by atomic mass is 16.2. The number of hydrogen-bond acceptors (Lipinski definition) is 4. The number of aromatic nitrogens is 3. The van der Waals surface area contributed by atoms with Crippen LogP contribution in [0, 0.1) is 0 Å². The van der Waals surface area contributed by atoms with E-state index in [2.05, 4.69) is 34.2 Å². The maximum absolute atomic E-state index is 13.4. The number of rotatable bonds is 7. The summed E-state index contributed by atoms with van der Waals surface area (Å²) in [5.41, 5.74) is 4.49. The summed E-state index contributed by atoms with van der Waals surface area (Å²) in [5, 5.41) is 7.19. The van der Waals surface area contributed by atoms with Crippen molar-refractivity contribution >= 4 is 11.8 Å². The van der Waals surface area contributed by atoms with Crippen molar-refractivity contribution in [1.82, 2.24) is 25.0 Å². The molecule has 4 rings (SSSR count). The fourth-order valence-corrected chi connectivity index (χ4v) is 4.26. The van der Waals surface area contributed by atoms with E-state index < -0.39 is 6.04 Å². The first kappa shape index (κ1) is 22.7. The molecule has 7 nitrogen and oxygen atoms in total. The zero-order chi connectivity index (χ0) is 23.4. The first-order chi connectivity index (χ1) is 16.0. The van der Waals surface area contributed by atoms with Gasteiger partial charge in [-0.3, -0.25) is 19.7 Å². The van der Waals surface area contributed by atoms with Crippen molar-refractivity contribution < 1.29 is 9.59 Å². The molecule has 0 bridgehead atoms. The molecule has 1 fully saturated rings. The molecule has 1 saturated heterocycles. The molecule has 1 aliphatic heterocycles. The number of carbonyl (C=O) groups excluding carboxylic acids is 2. The number of pyridine rings is 1. The molecule has 0 spiro atoms. The highest BCUT2D eigenvalue weighted by Crippen LogP contribution is 2.23. The van der Waals surface area contributed by atoms with Crippen LogP contribution in [0.5, 0.6) is 0 Å². The predicted molar refractivity (Wildman–Crippen MR) is 128 cm³/mol.